The summed E-state index contributed by atoms with van der Waals surface area (Å²) in [5, 5.41) is 0. The molecule has 0 amide bonds. The number of nitrogens with two attached hydrogens (primary N) is 1. The summed E-state index contributed by atoms with van der Waals surface area (Å²) in [6, 6.07) is 7.39. The van der Waals surface area contributed by atoms with Crippen LogP contribution in [0.25, 0.3) is 0 Å². The Morgan fingerprint density at radius 3 is 1.39 bits per heavy atom. The minimum Gasteiger partial charge on any atom is -0.489 e. The fourth-order valence-electron chi connectivity index (χ4n) is 2.27. The SMILES string of the molecule is CN(C)CCOCCOCCOCCOCCOCCOCCOc1ccccc1N. The maximum absolute atomic E-state index is 5.80. The van der Waals surface area contributed by atoms with E-state index >= 15 is 0 Å². The molecule has 0 saturated heterocycles. The smallest absolute Gasteiger partial charge is 0.142 e. The first-order valence-electron chi connectivity index (χ1n) is 10.8. The van der Waals surface area contributed by atoms with E-state index in [-0.39, 0.29) is 0 Å². The first kappa shape index (κ1) is 27.6. The van der Waals surface area contributed by atoms with Crippen LogP contribution in [0, 0.1) is 0 Å². The molecule has 2 N–H and O–H groups in total. The van der Waals surface area contributed by atoms with E-state index < -0.39 is 0 Å². The number of para-hydroxylation sites is 2. The van der Waals surface area contributed by atoms with Gasteiger partial charge in [-0.3, -0.25) is 0 Å². The lowest BCUT2D eigenvalue weighted by Crippen LogP contribution is -2.19. The highest BCUT2D eigenvalue weighted by molar-refractivity contribution is 5.51. The van der Waals surface area contributed by atoms with Crippen LogP contribution in [-0.2, 0) is 28.4 Å². The average molecular weight is 445 g/mol. The highest BCUT2D eigenvalue weighted by atomic mass is 16.6. The van der Waals surface area contributed by atoms with Gasteiger partial charge in [0.05, 0.1) is 85.0 Å². The van der Waals surface area contributed by atoms with E-state index in [4.69, 9.17) is 38.9 Å². The number of nitrogens with zero attached hydrogens (tertiary/aromatic N) is 1. The van der Waals surface area contributed by atoms with Crippen molar-refractivity contribution < 1.29 is 33.2 Å². The molecule has 9 nitrogen and oxygen atoms in total. The van der Waals surface area contributed by atoms with E-state index in [2.05, 4.69) is 4.90 Å². The van der Waals surface area contributed by atoms with Gasteiger partial charge in [-0.15, -0.1) is 0 Å². The molecule has 0 aliphatic carbocycles. The fourth-order valence-corrected chi connectivity index (χ4v) is 2.27. The summed E-state index contributed by atoms with van der Waals surface area (Å²) in [7, 11) is 4.04. The molecule has 0 atom stereocenters. The molecule has 0 fully saturated rings. The van der Waals surface area contributed by atoms with Crippen LogP contribution >= 0.6 is 0 Å². The van der Waals surface area contributed by atoms with Gasteiger partial charge in [0.1, 0.15) is 12.4 Å². The summed E-state index contributed by atoms with van der Waals surface area (Å²) < 4.78 is 38.2. The summed E-state index contributed by atoms with van der Waals surface area (Å²) in [5.74, 6) is 0.678. The van der Waals surface area contributed by atoms with Gasteiger partial charge in [0.15, 0.2) is 0 Å². The molecule has 180 valence electrons. The molecule has 31 heavy (non-hydrogen) atoms. The quantitative estimate of drug-likeness (QED) is 0.210. The van der Waals surface area contributed by atoms with Gasteiger partial charge in [-0.25, -0.2) is 0 Å². The molecule has 0 heterocycles. The number of likely N-dealkylation sites (N-methyl/N-ethyl adjacent to an activating group) is 1. The molecular formula is C22H40N2O7. The highest BCUT2D eigenvalue weighted by Crippen LogP contribution is 2.19. The topological polar surface area (TPSA) is 93.9 Å². The Kier molecular flexibility index (Phi) is 18.2. The number of nitrogen functional groups attached to an aromatic ring is 1. The van der Waals surface area contributed by atoms with E-state index in [9.17, 15) is 0 Å². The van der Waals surface area contributed by atoms with E-state index in [0.717, 1.165) is 13.2 Å². The van der Waals surface area contributed by atoms with E-state index in [1.54, 1.807) is 6.07 Å². The van der Waals surface area contributed by atoms with Crippen molar-refractivity contribution in [3.63, 3.8) is 0 Å². The third-order valence-corrected chi connectivity index (χ3v) is 3.95. The summed E-state index contributed by atoms with van der Waals surface area (Å²) in [4.78, 5) is 2.08. The number of ether oxygens (including phenoxy) is 7. The van der Waals surface area contributed by atoms with Crippen molar-refractivity contribution in [2.75, 3.05) is 112 Å². The zero-order valence-electron chi connectivity index (χ0n) is 19.1. The Balaban J connectivity index is 1.70. The summed E-state index contributed by atoms with van der Waals surface area (Å²) in [5.41, 5.74) is 6.42. The zero-order valence-corrected chi connectivity index (χ0v) is 19.1. The number of hydrogen-bond acceptors (Lipinski definition) is 9. The van der Waals surface area contributed by atoms with Gasteiger partial charge in [-0.05, 0) is 26.2 Å². The standard InChI is InChI=1S/C22H40N2O7/c1-24(2)7-8-25-9-10-26-11-12-27-13-14-28-15-16-29-17-18-30-19-20-31-22-6-4-3-5-21(22)23/h3-6H,7-20,23H2,1-2H3. The third kappa shape index (κ3) is 17.9. The molecule has 0 aliphatic heterocycles. The molecule has 1 aromatic carbocycles. The molecule has 0 radical (unpaired) electrons. The van der Waals surface area contributed by atoms with Crippen molar-refractivity contribution in [2.24, 2.45) is 0 Å². The van der Waals surface area contributed by atoms with Crippen molar-refractivity contribution in [2.45, 2.75) is 0 Å². The molecule has 0 saturated carbocycles. The van der Waals surface area contributed by atoms with Gasteiger partial charge in [0, 0.05) is 6.54 Å². The van der Waals surface area contributed by atoms with Crippen LogP contribution in [0.1, 0.15) is 0 Å². The minimum absolute atomic E-state index is 0.451. The van der Waals surface area contributed by atoms with Crippen molar-refractivity contribution in [1.29, 1.82) is 0 Å². The predicted molar refractivity (Wildman–Crippen MR) is 120 cm³/mol. The maximum Gasteiger partial charge on any atom is 0.142 e. The second-order valence-electron chi connectivity index (χ2n) is 6.86. The Bertz CT molecular complexity index is 520. The maximum atomic E-state index is 5.80. The Labute approximate surface area is 186 Å². The number of hydrogen-bond donors (Lipinski definition) is 1. The minimum atomic E-state index is 0.451. The van der Waals surface area contributed by atoms with E-state index in [0.29, 0.717) is 90.7 Å². The lowest BCUT2D eigenvalue weighted by Gasteiger charge is -2.10. The molecule has 0 aromatic heterocycles. The van der Waals surface area contributed by atoms with Gasteiger partial charge >= 0.3 is 0 Å². The Morgan fingerprint density at radius 1 is 0.581 bits per heavy atom. The van der Waals surface area contributed by atoms with Gasteiger partial charge in [0.2, 0.25) is 0 Å². The van der Waals surface area contributed by atoms with Crippen LogP contribution in [0.4, 0.5) is 5.69 Å². The van der Waals surface area contributed by atoms with Crippen LogP contribution in [-0.4, -0.2) is 111 Å². The summed E-state index contributed by atoms with van der Waals surface area (Å²) in [6.45, 7) is 8.04. The third-order valence-electron chi connectivity index (χ3n) is 3.95. The van der Waals surface area contributed by atoms with Crippen LogP contribution in [0.3, 0.4) is 0 Å². The normalized spacial score (nSPS) is 11.3. The average Bonchev–Trinajstić information content (AvgIpc) is 2.75. The molecule has 0 bridgehead atoms. The monoisotopic (exact) mass is 444 g/mol. The first-order chi connectivity index (χ1) is 15.2. The molecule has 1 aromatic rings. The zero-order chi connectivity index (χ0) is 22.4. The Morgan fingerprint density at radius 2 is 0.968 bits per heavy atom. The van der Waals surface area contributed by atoms with Gasteiger partial charge < -0.3 is 43.8 Å². The number of anilines is 1. The largest absolute Gasteiger partial charge is 0.489 e. The first-order valence-corrected chi connectivity index (χ1v) is 10.8. The number of rotatable bonds is 22. The van der Waals surface area contributed by atoms with Crippen molar-refractivity contribution >= 4 is 5.69 Å². The second kappa shape index (κ2) is 20.4. The van der Waals surface area contributed by atoms with Crippen molar-refractivity contribution in [3.8, 4) is 5.75 Å². The van der Waals surface area contributed by atoms with Gasteiger partial charge in [0.25, 0.3) is 0 Å². The van der Waals surface area contributed by atoms with E-state index in [1.165, 1.54) is 0 Å². The molecule has 1 rings (SSSR count). The molecule has 0 spiro atoms. The van der Waals surface area contributed by atoms with Crippen LogP contribution < -0.4 is 10.5 Å². The molecule has 0 aliphatic rings. The molecule has 0 unspecified atom stereocenters. The van der Waals surface area contributed by atoms with Gasteiger partial charge in [-0.1, -0.05) is 12.1 Å². The van der Waals surface area contributed by atoms with Crippen LogP contribution in [0.2, 0.25) is 0 Å². The molecule has 9 heteroatoms. The Hall–Kier alpha value is -1.46. The lowest BCUT2D eigenvalue weighted by atomic mass is 10.3. The highest BCUT2D eigenvalue weighted by Gasteiger charge is 1.98. The summed E-state index contributed by atoms with van der Waals surface area (Å²) >= 11 is 0. The van der Waals surface area contributed by atoms with Crippen molar-refractivity contribution in [3.05, 3.63) is 24.3 Å². The molecular weight excluding hydrogens is 404 g/mol. The predicted octanol–water partition coefficient (Wildman–Crippen LogP) is 1.31. The van der Waals surface area contributed by atoms with Crippen molar-refractivity contribution in [1.82, 2.24) is 4.90 Å². The van der Waals surface area contributed by atoms with Gasteiger partial charge in [-0.2, -0.15) is 0 Å². The fraction of sp³-hybridized carbons (Fsp3) is 0.727. The second-order valence-corrected chi connectivity index (χ2v) is 6.86. The van der Waals surface area contributed by atoms with E-state index in [1.807, 2.05) is 32.3 Å². The van der Waals surface area contributed by atoms with Crippen LogP contribution in [0.5, 0.6) is 5.75 Å². The lowest BCUT2D eigenvalue weighted by molar-refractivity contribution is -0.0181. The number of benzene rings is 1. The summed E-state index contributed by atoms with van der Waals surface area (Å²) in [6.07, 6.45) is 0. The van der Waals surface area contributed by atoms with Crippen LogP contribution in [0.15, 0.2) is 24.3 Å².